The minimum atomic E-state index is -0.175. The summed E-state index contributed by atoms with van der Waals surface area (Å²) in [4.78, 5) is 12.0. The molecule has 0 saturated carbocycles. The number of benzene rings is 5. The van der Waals surface area contributed by atoms with Gasteiger partial charge in [0.15, 0.2) is 0 Å². The lowest BCUT2D eigenvalue weighted by Crippen LogP contribution is -2.07. The van der Waals surface area contributed by atoms with Crippen molar-refractivity contribution in [1.82, 2.24) is 0 Å². The van der Waals surface area contributed by atoms with Gasteiger partial charge in [-0.1, -0.05) is 66.7 Å². The maximum atomic E-state index is 12.0. The van der Waals surface area contributed by atoms with Crippen molar-refractivity contribution >= 4 is 49.1 Å². The number of rotatable bonds is 3. The summed E-state index contributed by atoms with van der Waals surface area (Å²) in [7, 11) is 0. The summed E-state index contributed by atoms with van der Waals surface area (Å²) in [5.41, 5.74) is 1.02. The molecule has 0 amide bonds. The Balaban J connectivity index is 1.92. The third-order valence-corrected chi connectivity index (χ3v) is 5.26. The number of hydrogen-bond acceptors (Lipinski definition) is 2. The van der Waals surface area contributed by atoms with Crippen molar-refractivity contribution in [3.63, 3.8) is 0 Å². The minimum absolute atomic E-state index is 0.175. The summed E-state index contributed by atoms with van der Waals surface area (Å²) in [5, 5.41) is 9.97. The fraction of sp³-hybridized carbons (Fsp3) is 0.125. The third kappa shape index (κ3) is 2.08. The quantitative estimate of drug-likeness (QED) is 0.234. The standard InChI is InChI=1S/C24H18O2/c1-2-26-22(25)14-16-12-13-21-19-10-4-7-15-6-3-9-18(23(15)19)20-11-5-8-17(16)24(20)21/h3-13H,2,14H2,1H3. The molecule has 0 saturated heterocycles. The van der Waals surface area contributed by atoms with Crippen molar-refractivity contribution in [2.24, 2.45) is 0 Å². The fourth-order valence-corrected chi connectivity index (χ4v) is 4.23. The van der Waals surface area contributed by atoms with E-state index in [0.717, 1.165) is 10.9 Å². The predicted octanol–water partition coefficient (Wildman–Crippen LogP) is 5.84. The first kappa shape index (κ1) is 15.2. The Kier molecular flexibility index (Phi) is 3.32. The maximum absolute atomic E-state index is 12.0. The van der Waals surface area contributed by atoms with Crippen molar-refractivity contribution < 1.29 is 9.53 Å². The molecule has 0 aliphatic carbocycles. The molecule has 5 aromatic carbocycles. The lowest BCUT2D eigenvalue weighted by Gasteiger charge is -2.16. The first-order valence-electron chi connectivity index (χ1n) is 9.00. The zero-order chi connectivity index (χ0) is 17.7. The van der Waals surface area contributed by atoms with Crippen LogP contribution < -0.4 is 0 Å². The van der Waals surface area contributed by atoms with Crippen molar-refractivity contribution in [1.29, 1.82) is 0 Å². The van der Waals surface area contributed by atoms with E-state index in [9.17, 15) is 4.79 Å². The molecule has 0 spiro atoms. The molecule has 0 aliphatic heterocycles. The van der Waals surface area contributed by atoms with Crippen LogP contribution in [-0.2, 0) is 16.0 Å². The Hall–Kier alpha value is -3.13. The predicted molar refractivity (Wildman–Crippen MR) is 108 cm³/mol. The van der Waals surface area contributed by atoms with Crippen LogP contribution in [0, 0.1) is 0 Å². The second kappa shape index (κ2) is 5.70. The number of ether oxygens (including phenoxy) is 1. The van der Waals surface area contributed by atoms with E-state index in [2.05, 4.69) is 66.7 Å². The van der Waals surface area contributed by atoms with Gasteiger partial charge in [-0.2, -0.15) is 0 Å². The largest absolute Gasteiger partial charge is 0.466 e. The van der Waals surface area contributed by atoms with Crippen LogP contribution in [0.2, 0.25) is 0 Å². The third-order valence-electron chi connectivity index (χ3n) is 5.26. The minimum Gasteiger partial charge on any atom is -0.466 e. The van der Waals surface area contributed by atoms with E-state index in [1.807, 2.05) is 6.92 Å². The molecule has 0 unspecified atom stereocenters. The van der Waals surface area contributed by atoms with Gasteiger partial charge in [0.05, 0.1) is 13.0 Å². The molecule has 5 aromatic rings. The van der Waals surface area contributed by atoms with Crippen LogP contribution in [0.5, 0.6) is 0 Å². The average molecular weight is 338 g/mol. The van der Waals surface area contributed by atoms with Crippen LogP contribution in [0.25, 0.3) is 43.1 Å². The molecule has 0 N–H and O–H groups in total. The molecule has 0 bridgehead atoms. The molecule has 0 atom stereocenters. The average Bonchev–Trinajstić information content (AvgIpc) is 2.67. The maximum Gasteiger partial charge on any atom is 0.310 e. The Morgan fingerprint density at radius 3 is 2.00 bits per heavy atom. The lowest BCUT2D eigenvalue weighted by atomic mass is 9.88. The van der Waals surface area contributed by atoms with Crippen LogP contribution >= 0.6 is 0 Å². The molecule has 0 fully saturated rings. The smallest absolute Gasteiger partial charge is 0.310 e. The highest BCUT2D eigenvalue weighted by Gasteiger charge is 2.15. The van der Waals surface area contributed by atoms with Crippen molar-refractivity contribution in [3.05, 3.63) is 72.3 Å². The zero-order valence-corrected chi connectivity index (χ0v) is 14.6. The molecule has 2 heteroatoms. The molecule has 126 valence electrons. The van der Waals surface area contributed by atoms with E-state index < -0.39 is 0 Å². The SMILES string of the molecule is CCOC(=O)Cc1ccc2c3cccc4cccc(c5cccc1c52)c43. The molecule has 0 aromatic heterocycles. The van der Waals surface area contributed by atoms with E-state index in [-0.39, 0.29) is 5.97 Å². The number of hydrogen-bond donors (Lipinski definition) is 0. The topological polar surface area (TPSA) is 26.3 Å². The van der Waals surface area contributed by atoms with E-state index in [1.165, 1.54) is 37.7 Å². The van der Waals surface area contributed by atoms with E-state index in [0.29, 0.717) is 13.0 Å². The molecule has 26 heavy (non-hydrogen) atoms. The monoisotopic (exact) mass is 338 g/mol. The van der Waals surface area contributed by atoms with Crippen LogP contribution in [0.15, 0.2) is 66.7 Å². The molecule has 0 aliphatic rings. The van der Waals surface area contributed by atoms with E-state index >= 15 is 0 Å². The van der Waals surface area contributed by atoms with E-state index in [1.54, 1.807) is 0 Å². The fourth-order valence-electron chi connectivity index (χ4n) is 4.23. The summed E-state index contributed by atoms with van der Waals surface area (Å²) in [6.07, 6.45) is 0.305. The van der Waals surface area contributed by atoms with Crippen LogP contribution in [0.1, 0.15) is 12.5 Å². The van der Waals surface area contributed by atoms with Crippen molar-refractivity contribution in [2.45, 2.75) is 13.3 Å². The Morgan fingerprint density at radius 1 is 0.731 bits per heavy atom. The van der Waals surface area contributed by atoms with Gasteiger partial charge in [0.1, 0.15) is 0 Å². The second-order valence-electron chi connectivity index (χ2n) is 6.69. The number of carbonyl (C=O) groups is 1. The number of esters is 1. The first-order chi connectivity index (χ1) is 12.8. The van der Waals surface area contributed by atoms with E-state index in [4.69, 9.17) is 4.74 Å². The molecule has 2 nitrogen and oxygen atoms in total. The number of carbonyl (C=O) groups excluding carboxylic acids is 1. The second-order valence-corrected chi connectivity index (χ2v) is 6.69. The first-order valence-corrected chi connectivity index (χ1v) is 9.00. The molecule has 5 rings (SSSR count). The summed E-state index contributed by atoms with van der Waals surface area (Å²) < 4.78 is 5.16. The number of fused-ring (bicyclic) bond motifs is 2. The molecular formula is C24H18O2. The summed E-state index contributed by atoms with van der Waals surface area (Å²) in [6.45, 7) is 2.25. The van der Waals surface area contributed by atoms with Crippen molar-refractivity contribution in [3.8, 4) is 0 Å². The Morgan fingerprint density at radius 2 is 1.31 bits per heavy atom. The summed E-state index contributed by atoms with van der Waals surface area (Å²) in [6, 6.07) is 23.6. The highest BCUT2D eigenvalue weighted by molar-refractivity contribution is 6.33. The van der Waals surface area contributed by atoms with Crippen LogP contribution in [0.3, 0.4) is 0 Å². The Bertz CT molecular complexity index is 1230. The molecule has 0 heterocycles. The van der Waals surface area contributed by atoms with Gasteiger partial charge in [0.2, 0.25) is 0 Å². The van der Waals surface area contributed by atoms with Gasteiger partial charge in [-0.15, -0.1) is 0 Å². The van der Waals surface area contributed by atoms with Gasteiger partial charge in [-0.3, -0.25) is 4.79 Å². The lowest BCUT2D eigenvalue weighted by molar-refractivity contribution is -0.142. The van der Waals surface area contributed by atoms with Gasteiger partial charge in [-0.05, 0) is 55.6 Å². The molecule has 0 radical (unpaired) electrons. The normalized spacial score (nSPS) is 11.7. The van der Waals surface area contributed by atoms with Crippen LogP contribution in [0.4, 0.5) is 0 Å². The summed E-state index contributed by atoms with van der Waals surface area (Å²) in [5.74, 6) is -0.175. The summed E-state index contributed by atoms with van der Waals surface area (Å²) >= 11 is 0. The van der Waals surface area contributed by atoms with Gasteiger partial charge in [0, 0.05) is 0 Å². The van der Waals surface area contributed by atoms with Gasteiger partial charge in [-0.25, -0.2) is 0 Å². The Labute approximate surface area is 151 Å². The highest BCUT2D eigenvalue weighted by Crippen LogP contribution is 2.40. The van der Waals surface area contributed by atoms with Gasteiger partial charge < -0.3 is 4.74 Å². The van der Waals surface area contributed by atoms with Gasteiger partial charge >= 0.3 is 5.97 Å². The van der Waals surface area contributed by atoms with Crippen LogP contribution in [-0.4, -0.2) is 12.6 Å². The zero-order valence-electron chi connectivity index (χ0n) is 14.6. The highest BCUT2D eigenvalue weighted by atomic mass is 16.5. The van der Waals surface area contributed by atoms with Crippen molar-refractivity contribution in [2.75, 3.05) is 6.61 Å². The van der Waals surface area contributed by atoms with Gasteiger partial charge in [0.25, 0.3) is 0 Å². The molecular weight excluding hydrogens is 320 g/mol.